The molecule has 2 bridgehead atoms. The predicted octanol–water partition coefficient (Wildman–Crippen LogP) is 10.0. The van der Waals surface area contributed by atoms with E-state index in [1.54, 1.807) is 23.5 Å². The number of piperazine rings is 1. The van der Waals surface area contributed by atoms with Gasteiger partial charge < -0.3 is 54.7 Å². The first-order valence-electron chi connectivity index (χ1n) is 30.6. The Labute approximate surface area is 492 Å². The van der Waals surface area contributed by atoms with Gasteiger partial charge in [0.25, 0.3) is 0 Å². The molecule has 1 saturated carbocycles. The molecule has 2 aromatic carbocycles. The zero-order valence-corrected chi connectivity index (χ0v) is 49.6. The van der Waals surface area contributed by atoms with E-state index in [4.69, 9.17) is 19.7 Å². The Hall–Kier alpha value is -6.83. The van der Waals surface area contributed by atoms with Crippen molar-refractivity contribution < 1.29 is 28.7 Å². The molecule has 83 heavy (non-hydrogen) atoms. The van der Waals surface area contributed by atoms with Crippen molar-refractivity contribution in [3.8, 4) is 33.3 Å². The van der Waals surface area contributed by atoms with Gasteiger partial charge in [-0.3, -0.25) is 9.59 Å². The second-order valence-electron chi connectivity index (χ2n) is 24.9. The summed E-state index contributed by atoms with van der Waals surface area (Å²) in [5.41, 5.74) is 14.7. The molecule has 1 aliphatic carbocycles. The second-order valence-corrected chi connectivity index (χ2v) is 25.7. The minimum absolute atomic E-state index is 0.0487. The number of rotatable bonds is 19. The topological polar surface area (TPSA) is 205 Å². The molecule has 5 aliphatic heterocycles. The SMILES string of the molecule is CCC[C@H](NC(=O)[C@@H]1C[C@@H](C)CN1C(=O)[C@@H](c1cc(N2CCC(CN3CCC(O[C@H]4C[C@H](Oc5cc(N6C7CCC6CN(c6cc(-c8ccccc8O)nnc6N)C7)ccn5)C4)CC3)CC2)no1)C(C)C)c1ccc(-c2scnc2C)cc1. The van der Waals surface area contributed by atoms with Crippen LogP contribution in [0.1, 0.15) is 127 Å². The van der Waals surface area contributed by atoms with Gasteiger partial charge in [0.15, 0.2) is 17.4 Å². The number of likely N-dealkylation sites (tertiary alicyclic amines) is 2. The number of nitrogens with two attached hydrogens (primary N) is 1. The van der Waals surface area contributed by atoms with E-state index in [0.717, 1.165) is 149 Å². The molecule has 6 aliphatic rings. The van der Waals surface area contributed by atoms with Gasteiger partial charge in [-0.15, -0.1) is 21.5 Å². The van der Waals surface area contributed by atoms with Crippen molar-refractivity contribution in [1.82, 2.24) is 40.4 Å². The summed E-state index contributed by atoms with van der Waals surface area (Å²) in [7, 11) is 0. The first-order valence-corrected chi connectivity index (χ1v) is 31.5. The number of para-hydroxylation sites is 1. The lowest BCUT2D eigenvalue weighted by Gasteiger charge is -2.43. The number of anilines is 4. The summed E-state index contributed by atoms with van der Waals surface area (Å²) in [5, 5.41) is 27.0. The highest BCUT2D eigenvalue weighted by atomic mass is 32.1. The highest BCUT2D eigenvalue weighted by Gasteiger charge is 2.44. The van der Waals surface area contributed by atoms with Crippen molar-refractivity contribution in [1.29, 1.82) is 0 Å². The number of hydrogen-bond acceptors (Lipinski definition) is 17. The van der Waals surface area contributed by atoms with Crippen molar-refractivity contribution in [2.75, 3.05) is 72.8 Å². The van der Waals surface area contributed by atoms with Crippen molar-refractivity contribution >= 4 is 46.2 Å². The number of pyridine rings is 1. The van der Waals surface area contributed by atoms with Gasteiger partial charge in [0.05, 0.1) is 45.7 Å². The molecule has 0 radical (unpaired) electrons. The molecule has 5 saturated heterocycles. The monoisotopic (exact) mass is 1150 g/mol. The van der Waals surface area contributed by atoms with E-state index in [2.05, 4.69) is 114 Å². The number of nitrogens with one attached hydrogen (secondary N) is 1. The van der Waals surface area contributed by atoms with Crippen molar-refractivity contribution in [3.05, 3.63) is 102 Å². The molecule has 2 amide bonds. The number of phenolic OH excluding ortho intramolecular Hbond substituents is 1. The average molecular weight is 1150 g/mol. The molecule has 9 heterocycles. The molecule has 19 heteroatoms. The summed E-state index contributed by atoms with van der Waals surface area (Å²) in [6.45, 7) is 17.5. The Kier molecular flexibility index (Phi) is 16.9. The van der Waals surface area contributed by atoms with Crippen LogP contribution < -0.4 is 30.5 Å². The van der Waals surface area contributed by atoms with Crippen molar-refractivity contribution in [2.24, 2.45) is 17.8 Å². The van der Waals surface area contributed by atoms with Gasteiger partial charge in [-0.05, 0) is 111 Å². The quantitative estimate of drug-likeness (QED) is 0.0690. The number of benzene rings is 2. The van der Waals surface area contributed by atoms with E-state index in [0.29, 0.717) is 59.7 Å². The molecule has 2 unspecified atom stereocenters. The van der Waals surface area contributed by atoms with Crippen LogP contribution in [0.3, 0.4) is 0 Å². The Balaban J connectivity index is 0.569. The minimum Gasteiger partial charge on any atom is -0.507 e. The molecule has 440 valence electrons. The highest BCUT2D eigenvalue weighted by Crippen LogP contribution is 2.42. The fourth-order valence-electron chi connectivity index (χ4n) is 14.1. The molecule has 6 atom stereocenters. The number of piperidine rings is 2. The number of phenols is 1. The normalized spacial score (nSPS) is 24.1. The zero-order valence-electron chi connectivity index (χ0n) is 48.8. The minimum atomic E-state index is -0.549. The van der Waals surface area contributed by atoms with Crippen LogP contribution in [0.2, 0.25) is 0 Å². The summed E-state index contributed by atoms with van der Waals surface area (Å²) >= 11 is 1.63. The Morgan fingerprint density at radius 1 is 0.855 bits per heavy atom. The van der Waals surface area contributed by atoms with Gasteiger partial charge in [-0.1, -0.05) is 75.7 Å². The van der Waals surface area contributed by atoms with Gasteiger partial charge in [0, 0.05) is 107 Å². The molecule has 4 N–H and O–H groups in total. The molecule has 4 aromatic heterocycles. The molecular weight excluding hydrogens is 1060 g/mol. The van der Waals surface area contributed by atoms with Crippen LogP contribution in [0, 0.1) is 24.7 Å². The van der Waals surface area contributed by atoms with Crippen molar-refractivity contribution in [2.45, 2.75) is 154 Å². The number of hydrogen-bond donors (Lipinski definition) is 3. The maximum atomic E-state index is 14.6. The Morgan fingerprint density at radius 3 is 2.33 bits per heavy atom. The number of nitrogens with zero attached hydrogens (tertiary/aromatic N) is 10. The molecule has 12 rings (SSSR count). The van der Waals surface area contributed by atoms with Gasteiger partial charge >= 0.3 is 0 Å². The Morgan fingerprint density at radius 2 is 1.61 bits per heavy atom. The number of ether oxygens (including phenoxy) is 2. The smallest absolute Gasteiger partial charge is 0.243 e. The molecular formula is C64H82N12O6S. The van der Waals surface area contributed by atoms with Gasteiger partial charge in [0.1, 0.15) is 23.8 Å². The van der Waals surface area contributed by atoms with E-state index < -0.39 is 12.0 Å². The zero-order chi connectivity index (χ0) is 57.3. The summed E-state index contributed by atoms with van der Waals surface area (Å²) < 4.78 is 19.2. The number of aryl methyl sites for hydroxylation is 1. The van der Waals surface area contributed by atoms with Crippen LogP contribution >= 0.6 is 11.3 Å². The van der Waals surface area contributed by atoms with Crippen LogP contribution in [-0.4, -0.2) is 141 Å². The highest BCUT2D eigenvalue weighted by molar-refractivity contribution is 7.13. The van der Waals surface area contributed by atoms with Crippen LogP contribution in [0.5, 0.6) is 11.6 Å². The van der Waals surface area contributed by atoms with E-state index >= 15 is 0 Å². The first kappa shape index (κ1) is 56.6. The standard InChI is InChI=1S/C64H82N12O6S/c1-6-9-52(43-12-14-44(15-13-43)61-41(5)67-38-83-61)68-63(78)55-28-40(4)34-75(55)64(79)60(39(2)3)57-33-58(71-82-57)73-26-19-42(20-27-73)35-72-24-21-48(22-25-72)80-49-30-50(31-49)81-59-29-45(18-23-66-59)76-46-16-17-47(76)37-74(36-46)54-32-53(69-70-62(54)65)51-10-7-8-11-56(51)77/h7-8,10-15,18,23,29,32-33,38-40,42,46-50,52,55,60,77H,6,9,16-17,19-22,24-28,30-31,34-37H2,1-5H3,(H2,65,70)(H,68,78)/t40-,46?,47?,49-,50-,52+,55+,60-/m1/s1. The largest absolute Gasteiger partial charge is 0.507 e. The predicted molar refractivity (Wildman–Crippen MR) is 324 cm³/mol. The van der Waals surface area contributed by atoms with Gasteiger partial charge in [0.2, 0.25) is 17.7 Å². The maximum Gasteiger partial charge on any atom is 0.243 e. The molecule has 18 nitrogen and oxygen atoms in total. The van der Waals surface area contributed by atoms with E-state index in [1.807, 2.05) is 47.8 Å². The molecule has 0 spiro atoms. The van der Waals surface area contributed by atoms with Crippen LogP contribution in [0.15, 0.2) is 89.0 Å². The number of carbonyl (C=O) groups is 2. The fraction of sp³-hybridized carbons (Fsp3) is 0.547. The average Bonchev–Trinajstić information content (AvgIpc) is 4.20. The third-order valence-electron chi connectivity index (χ3n) is 18.6. The van der Waals surface area contributed by atoms with E-state index in [9.17, 15) is 14.7 Å². The lowest BCUT2D eigenvalue weighted by Crippen LogP contribution is -2.54. The van der Waals surface area contributed by atoms with Crippen LogP contribution in [0.25, 0.3) is 21.7 Å². The summed E-state index contributed by atoms with van der Waals surface area (Å²) in [6, 6.07) is 23.7. The first-order chi connectivity index (χ1) is 40.3. The number of carbonyl (C=O) groups excluding carboxylic acids is 2. The van der Waals surface area contributed by atoms with Crippen LogP contribution in [0.4, 0.5) is 23.0 Å². The number of aromatic hydroxyl groups is 1. The van der Waals surface area contributed by atoms with E-state index in [1.165, 1.54) is 0 Å². The number of amides is 2. The maximum absolute atomic E-state index is 14.6. The van der Waals surface area contributed by atoms with Crippen LogP contribution in [-0.2, 0) is 14.3 Å². The van der Waals surface area contributed by atoms with Gasteiger partial charge in [-0.2, -0.15) is 0 Å². The van der Waals surface area contributed by atoms with Crippen molar-refractivity contribution in [3.63, 3.8) is 0 Å². The molecule has 6 fully saturated rings. The second kappa shape index (κ2) is 24.8. The lowest BCUT2D eigenvalue weighted by molar-refractivity contribution is -0.141. The summed E-state index contributed by atoms with van der Waals surface area (Å²) in [6.07, 6.45) is 13.0. The third-order valence-corrected chi connectivity index (χ3v) is 19.6. The Bertz CT molecular complexity index is 3170. The fourth-order valence-corrected chi connectivity index (χ4v) is 14.9. The number of thiazole rings is 1. The number of aromatic nitrogens is 5. The summed E-state index contributed by atoms with van der Waals surface area (Å²) in [5.74, 6) is 2.64. The lowest BCUT2D eigenvalue weighted by atomic mass is 9.91. The molecule has 6 aromatic rings. The number of fused-ring (bicyclic) bond motifs is 2. The third kappa shape index (κ3) is 12.4. The number of nitrogen functional groups attached to an aromatic ring is 1. The van der Waals surface area contributed by atoms with Gasteiger partial charge in [-0.25, -0.2) is 9.97 Å². The summed E-state index contributed by atoms with van der Waals surface area (Å²) in [4.78, 5) is 50.7. The van der Waals surface area contributed by atoms with E-state index in [-0.39, 0.29) is 53.8 Å².